The summed E-state index contributed by atoms with van der Waals surface area (Å²) < 4.78 is 20.1. The molecule has 2 N–H and O–H groups in total. The Balaban J connectivity index is 0.00000225. The number of fused-ring (bicyclic) bond motifs is 1. The minimum absolute atomic E-state index is 0. The van der Waals surface area contributed by atoms with E-state index in [-0.39, 0.29) is 30.7 Å². The Kier molecular flexibility index (Phi) is 7.62. The van der Waals surface area contributed by atoms with Crippen LogP contribution >= 0.6 is 23.7 Å². The highest BCUT2D eigenvalue weighted by atomic mass is 35.5. The van der Waals surface area contributed by atoms with Gasteiger partial charge in [-0.1, -0.05) is 6.07 Å². The number of hydrogen-bond acceptors (Lipinski definition) is 4. The van der Waals surface area contributed by atoms with E-state index >= 15 is 0 Å². The number of amides is 1. The van der Waals surface area contributed by atoms with Crippen LogP contribution < -0.4 is 10.6 Å². The number of carbonyl (C=O) groups excluding carboxylic acids is 1. The second-order valence-corrected chi connectivity index (χ2v) is 7.26. The molecule has 1 aliphatic heterocycles. The third-order valence-electron chi connectivity index (χ3n) is 4.50. The average molecular weight is 387 g/mol. The summed E-state index contributed by atoms with van der Waals surface area (Å²) in [6.07, 6.45) is 3.38. The van der Waals surface area contributed by atoms with Gasteiger partial charge < -0.3 is 15.4 Å². The van der Waals surface area contributed by atoms with Crippen LogP contribution in [0.25, 0.3) is 10.1 Å². The van der Waals surface area contributed by atoms with Crippen molar-refractivity contribution in [2.45, 2.75) is 25.9 Å². The van der Waals surface area contributed by atoms with Crippen molar-refractivity contribution in [1.82, 2.24) is 10.6 Å². The molecule has 4 nitrogen and oxygen atoms in total. The highest BCUT2D eigenvalue weighted by molar-refractivity contribution is 7.21. The third kappa shape index (κ3) is 4.70. The van der Waals surface area contributed by atoms with Gasteiger partial charge in [-0.25, -0.2) is 4.39 Å². The Morgan fingerprint density at radius 3 is 3.04 bits per heavy atom. The molecule has 25 heavy (non-hydrogen) atoms. The normalized spacial score (nSPS) is 17.3. The summed E-state index contributed by atoms with van der Waals surface area (Å²) in [7, 11) is 1.56. The number of nitrogens with one attached hydrogen (secondary N) is 2. The molecule has 3 rings (SSSR count). The smallest absolute Gasteiger partial charge is 0.261 e. The average Bonchev–Trinajstić information content (AvgIpc) is 2.96. The SMILES string of the molecule is COCc1c(C(=O)NCCC2CCCNC2)sc2cccc(F)c12.Cl. The maximum Gasteiger partial charge on any atom is 0.261 e. The number of piperidine rings is 1. The van der Waals surface area contributed by atoms with Crippen LogP contribution in [0, 0.1) is 11.7 Å². The Hall–Kier alpha value is -1.21. The van der Waals surface area contributed by atoms with Crippen LogP contribution in [0.1, 0.15) is 34.5 Å². The molecule has 2 heterocycles. The first kappa shape index (κ1) is 20.1. The number of thiophene rings is 1. The van der Waals surface area contributed by atoms with Gasteiger partial charge >= 0.3 is 0 Å². The minimum atomic E-state index is -0.303. The molecule has 1 aromatic heterocycles. The van der Waals surface area contributed by atoms with Crippen LogP contribution in [-0.2, 0) is 11.3 Å². The molecule has 1 saturated heterocycles. The van der Waals surface area contributed by atoms with E-state index in [0.29, 0.717) is 28.3 Å². The highest BCUT2D eigenvalue weighted by Crippen LogP contribution is 2.33. The van der Waals surface area contributed by atoms with Gasteiger partial charge in [-0.05, 0) is 50.4 Å². The number of ether oxygens (including phenoxy) is 1. The number of methoxy groups -OCH3 is 1. The number of halogens is 2. The number of carbonyl (C=O) groups is 1. The van der Waals surface area contributed by atoms with E-state index in [9.17, 15) is 9.18 Å². The van der Waals surface area contributed by atoms with Crippen molar-refractivity contribution in [3.8, 4) is 0 Å². The zero-order valence-electron chi connectivity index (χ0n) is 14.3. The van der Waals surface area contributed by atoms with Gasteiger partial charge in [-0.2, -0.15) is 0 Å². The van der Waals surface area contributed by atoms with Crippen molar-refractivity contribution in [3.05, 3.63) is 34.5 Å². The number of rotatable bonds is 6. The van der Waals surface area contributed by atoms with Crippen LogP contribution in [0.2, 0.25) is 0 Å². The zero-order chi connectivity index (χ0) is 16.9. The molecule has 2 aromatic rings. The lowest BCUT2D eigenvalue weighted by molar-refractivity contribution is 0.0950. The van der Waals surface area contributed by atoms with Crippen LogP contribution in [0.3, 0.4) is 0 Å². The van der Waals surface area contributed by atoms with Gasteiger partial charge in [0.15, 0.2) is 0 Å². The molecule has 1 atom stereocenters. The van der Waals surface area contributed by atoms with Gasteiger partial charge in [-0.3, -0.25) is 4.79 Å². The highest BCUT2D eigenvalue weighted by Gasteiger charge is 2.21. The maximum absolute atomic E-state index is 14.2. The molecule has 0 bridgehead atoms. The summed E-state index contributed by atoms with van der Waals surface area (Å²) in [4.78, 5) is 13.1. The van der Waals surface area contributed by atoms with Crippen LogP contribution in [0.5, 0.6) is 0 Å². The van der Waals surface area contributed by atoms with E-state index in [1.54, 1.807) is 13.2 Å². The Morgan fingerprint density at radius 2 is 2.32 bits per heavy atom. The van der Waals surface area contributed by atoms with Crippen molar-refractivity contribution in [2.75, 3.05) is 26.7 Å². The first-order chi connectivity index (χ1) is 11.7. The molecular weight excluding hydrogens is 363 g/mol. The predicted molar refractivity (Wildman–Crippen MR) is 102 cm³/mol. The second-order valence-electron chi connectivity index (χ2n) is 6.21. The Labute approximate surface area is 157 Å². The monoisotopic (exact) mass is 386 g/mol. The van der Waals surface area contributed by atoms with E-state index in [0.717, 1.165) is 24.2 Å². The van der Waals surface area contributed by atoms with Gasteiger partial charge in [0.2, 0.25) is 0 Å². The summed E-state index contributed by atoms with van der Waals surface area (Å²) in [5.74, 6) is 0.187. The molecule has 1 fully saturated rings. The molecule has 0 saturated carbocycles. The molecule has 0 aliphatic carbocycles. The van der Waals surface area contributed by atoms with E-state index in [2.05, 4.69) is 10.6 Å². The lowest BCUT2D eigenvalue weighted by atomic mass is 9.96. The van der Waals surface area contributed by atoms with Crippen LogP contribution in [-0.4, -0.2) is 32.7 Å². The zero-order valence-corrected chi connectivity index (χ0v) is 15.9. The standard InChI is InChI=1S/C18H23FN2O2S.ClH/c1-23-11-13-16-14(19)5-2-6-15(16)24-17(13)18(22)21-9-7-12-4-3-8-20-10-12;/h2,5-6,12,20H,3-4,7-11H2,1H3,(H,21,22);1H. The molecule has 1 amide bonds. The first-order valence-corrected chi connectivity index (χ1v) is 9.20. The molecular formula is C18H24ClFN2O2S. The quantitative estimate of drug-likeness (QED) is 0.795. The maximum atomic E-state index is 14.2. The largest absolute Gasteiger partial charge is 0.380 e. The molecule has 0 radical (unpaired) electrons. The van der Waals surface area contributed by atoms with Crippen molar-refractivity contribution in [1.29, 1.82) is 0 Å². The summed E-state index contributed by atoms with van der Waals surface area (Å²) in [5, 5.41) is 6.88. The molecule has 1 aliphatic rings. The van der Waals surface area contributed by atoms with Crippen molar-refractivity contribution < 1.29 is 13.9 Å². The van der Waals surface area contributed by atoms with Gasteiger partial charge in [0, 0.05) is 29.3 Å². The van der Waals surface area contributed by atoms with Crippen molar-refractivity contribution in [3.63, 3.8) is 0 Å². The number of hydrogen-bond donors (Lipinski definition) is 2. The first-order valence-electron chi connectivity index (χ1n) is 8.38. The van der Waals surface area contributed by atoms with E-state index in [1.165, 1.54) is 30.2 Å². The van der Waals surface area contributed by atoms with Crippen LogP contribution in [0.15, 0.2) is 18.2 Å². The van der Waals surface area contributed by atoms with Gasteiger partial charge in [-0.15, -0.1) is 23.7 Å². The van der Waals surface area contributed by atoms with E-state index in [4.69, 9.17) is 4.74 Å². The van der Waals surface area contributed by atoms with Gasteiger partial charge in [0.05, 0.1) is 11.5 Å². The van der Waals surface area contributed by atoms with Crippen molar-refractivity contribution in [2.24, 2.45) is 5.92 Å². The summed E-state index contributed by atoms with van der Waals surface area (Å²) in [6.45, 7) is 3.00. The van der Waals surface area contributed by atoms with Gasteiger partial charge in [0.1, 0.15) is 5.82 Å². The summed E-state index contributed by atoms with van der Waals surface area (Å²) in [5.41, 5.74) is 0.646. The minimum Gasteiger partial charge on any atom is -0.380 e. The molecule has 7 heteroatoms. The fraction of sp³-hybridized carbons (Fsp3) is 0.500. The van der Waals surface area contributed by atoms with E-state index < -0.39 is 0 Å². The predicted octanol–water partition coefficient (Wildman–Crippen LogP) is 3.73. The van der Waals surface area contributed by atoms with E-state index in [1.807, 2.05) is 6.07 Å². The lowest BCUT2D eigenvalue weighted by Gasteiger charge is -2.22. The third-order valence-corrected chi connectivity index (χ3v) is 5.69. The molecule has 0 spiro atoms. The Bertz CT molecular complexity index is 716. The molecule has 1 aromatic carbocycles. The fourth-order valence-corrected chi connectivity index (χ4v) is 4.41. The molecule has 1 unspecified atom stereocenters. The van der Waals surface area contributed by atoms with Gasteiger partial charge in [0.25, 0.3) is 5.91 Å². The molecule has 138 valence electrons. The lowest BCUT2D eigenvalue weighted by Crippen LogP contribution is -2.33. The summed E-state index contributed by atoms with van der Waals surface area (Å²) in [6, 6.07) is 4.93. The Morgan fingerprint density at radius 1 is 1.48 bits per heavy atom. The fourth-order valence-electron chi connectivity index (χ4n) is 3.27. The summed E-state index contributed by atoms with van der Waals surface area (Å²) >= 11 is 1.33. The van der Waals surface area contributed by atoms with Crippen molar-refractivity contribution >= 4 is 39.7 Å². The second kappa shape index (κ2) is 9.48. The topological polar surface area (TPSA) is 50.4 Å². The number of benzene rings is 1. The van der Waals surface area contributed by atoms with Crippen LogP contribution in [0.4, 0.5) is 4.39 Å².